The molecular weight excluding hydrogens is 474 g/mol. The van der Waals surface area contributed by atoms with Crippen molar-refractivity contribution in [2.24, 2.45) is 0 Å². The van der Waals surface area contributed by atoms with E-state index < -0.39 is 23.2 Å². The standard InChI is InChI=1S/2C13H11.2ClH.Zr/c2*1-10-3-6-12(7-4-10)13-8-5-11(2)9-13;;;/h2*3-8H,2H2,1H3;2*1H;. The number of rotatable bonds is 4. The number of halogens is 2. The SMILES string of the molecule is C=C1C=CC(c2ccc(C)cc2)=[C]1[Zr][C]1=C(c2ccc(C)cc2)C=CC1=C.Cl.Cl. The van der Waals surface area contributed by atoms with E-state index >= 15 is 0 Å². The van der Waals surface area contributed by atoms with E-state index in [0.717, 1.165) is 0 Å². The first-order valence-corrected chi connectivity index (χ1v) is 11.6. The van der Waals surface area contributed by atoms with Crippen molar-refractivity contribution in [3.63, 3.8) is 0 Å². The molecule has 3 heteroatoms. The molecule has 2 aromatic carbocycles. The summed E-state index contributed by atoms with van der Waals surface area (Å²) in [5.74, 6) is 0. The van der Waals surface area contributed by atoms with Crippen LogP contribution in [0.3, 0.4) is 0 Å². The topological polar surface area (TPSA) is 0 Å². The minimum absolute atomic E-state index is 0. The predicted octanol–water partition coefficient (Wildman–Crippen LogP) is 7.60. The van der Waals surface area contributed by atoms with Gasteiger partial charge in [0.2, 0.25) is 0 Å². The van der Waals surface area contributed by atoms with E-state index in [9.17, 15) is 0 Å². The fourth-order valence-corrected chi connectivity index (χ4v) is 7.01. The van der Waals surface area contributed by atoms with Gasteiger partial charge in [-0.15, -0.1) is 24.8 Å². The summed E-state index contributed by atoms with van der Waals surface area (Å²) in [6.45, 7) is 12.9. The van der Waals surface area contributed by atoms with Gasteiger partial charge in [-0.25, -0.2) is 0 Å². The second-order valence-electron chi connectivity index (χ2n) is 7.15. The van der Waals surface area contributed by atoms with E-state index in [4.69, 9.17) is 0 Å². The molecule has 0 aromatic heterocycles. The zero-order chi connectivity index (χ0) is 19.0. The van der Waals surface area contributed by atoms with Crippen LogP contribution >= 0.6 is 24.8 Å². The van der Waals surface area contributed by atoms with E-state index in [1.54, 1.807) is 0 Å². The van der Waals surface area contributed by atoms with Crippen LogP contribution < -0.4 is 0 Å². The smallest absolute Gasteiger partial charge is 0.147 e. The van der Waals surface area contributed by atoms with Crippen LogP contribution in [0, 0.1) is 13.8 Å². The molecule has 29 heavy (non-hydrogen) atoms. The molecule has 146 valence electrons. The summed E-state index contributed by atoms with van der Waals surface area (Å²) in [4.78, 5) is 0. The number of allylic oxidation sites excluding steroid dienone is 10. The van der Waals surface area contributed by atoms with Crippen molar-refractivity contribution in [1.29, 1.82) is 0 Å². The Balaban J connectivity index is 0.00000150. The molecule has 0 saturated carbocycles. The third kappa shape index (κ3) is 4.92. The summed E-state index contributed by atoms with van der Waals surface area (Å²) >= 11 is -1.04. The van der Waals surface area contributed by atoms with Gasteiger partial charge in [0.05, 0.1) is 0 Å². The summed E-state index contributed by atoms with van der Waals surface area (Å²) < 4.78 is 2.93. The van der Waals surface area contributed by atoms with Crippen LogP contribution in [-0.2, 0) is 23.2 Å². The Morgan fingerprint density at radius 1 is 0.552 bits per heavy atom. The van der Waals surface area contributed by atoms with Gasteiger partial charge < -0.3 is 0 Å². The Hall–Kier alpha value is -1.66. The van der Waals surface area contributed by atoms with E-state index in [-0.39, 0.29) is 24.8 Å². The molecule has 0 unspecified atom stereocenters. The molecule has 0 fully saturated rings. The Bertz CT molecular complexity index is 975. The third-order valence-corrected chi connectivity index (χ3v) is 9.19. The Morgan fingerprint density at radius 2 is 0.897 bits per heavy atom. The van der Waals surface area contributed by atoms with Crippen molar-refractivity contribution in [2.45, 2.75) is 13.8 Å². The summed E-state index contributed by atoms with van der Waals surface area (Å²) in [6, 6.07) is 17.7. The van der Waals surface area contributed by atoms with Crippen LogP contribution in [-0.4, -0.2) is 0 Å². The molecule has 2 aromatic rings. The summed E-state index contributed by atoms with van der Waals surface area (Å²) in [5.41, 5.74) is 10.2. The molecule has 0 nitrogen and oxygen atoms in total. The van der Waals surface area contributed by atoms with Gasteiger partial charge in [0.1, 0.15) is 0 Å². The number of hydrogen-bond donors (Lipinski definition) is 0. The van der Waals surface area contributed by atoms with Gasteiger partial charge in [-0.05, 0) is 0 Å². The van der Waals surface area contributed by atoms with Crippen LogP contribution in [0.2, 0.25) is 0 Å². The van der Waals surface area contributed by atoms with Crippen molar-refractivity contribution >= 4 is 36.0 Å². The first-order valence-electron chi connectivity index (χ1n) is 9.17. The molecule has 0 atom stereocenters. The van der Waals surface area contributed by atoms with Crippen molar-refractivity contribution in [2.75, 3.05) is 0 Å². The van der Waals surface area contributed by atoms with Gasteiger partial charge in [0, 0.05) is 0 Å². The average molecular weight is 499 g/mol. The maximum absolute atomic E-state index is 4.33. The second-order valence-corrected chi connectivity index (χ2v) is 10.2. The number of hydrogen-bond acceptors (Lipinski definition) is 0. The number of benzene rings is 2. The summed E-state index contributed by atoms with van der Waals surface area (Å²) in [7, 11) is 0. The Kier molecular flexibility index (Phi) is 8.06. The number of aryl methyl sites for hydroxylation is 2. The third-order valence-electron chi connectivity index (χ3n) is 5.06. The minimum Gasteiger partial charge on any atom is -0.147 e. The zero-order valence-electron chi connectivity index (χ0n) is 16.7. The quantitative estimate of drug-likeness (QED) is 0.407. The molecule has 4 rings (SSSR count). The fraction of sp³-hybridized carbons (Fsp3) is 0.0769. The summed E-state index contributed by atoms with van der Waals surface area (Å²) in [5, 5.41) is 0. The van der Waals surface area contributed by atoms with Gasteiger partial charge in [-0.3, -0.25) is 0 Å². The Labute approximate surface area is 197 Å². The molecule has 0 aliphatic heterocycles. The molecule has 0 bridgehead atoms. The van der Waals surface area contributed by atoms with E-state index in [2.05, 4.69) is 99.8 Å². The molecule has 0 N–H and O–H groups in total. The van der Waals surface area contributed by atoms with Crippen molar-refractivity contribution in [1.82, 2.24) is 0 Å². The van der Waals surface area contributed by atoms with Crippen LogP contribution in [0.1, 0.15) is 22.3 Å². The van der Waals surface area contributed by atoms with Crippen molar-refractivity contribution in [3.8, 4) is 0 Å². The van der Waals surface area contributed by atoms with Gasteiger partial charge in [0.25, 0.3) is 0 Å². The van der Waals surface area contributed by atoms with Gasteiger partial charge in [-0.2, -0.15) is 0 Å². The van der Waals surface area contributed by atoms with E-state index in [1.165, 1.54) is 51.1 Å². The molecule has 2 aliphatic rings. The largest absolute Gasteiger partial charge is 0.147 e. The predicted molar refractivity (Wildman–Crippen MR) is 127 cm³/mol. The Morgan fingerprint density at radius 3 is 1.24 bits per heavy atom. The first kappa shape index (κ1) is 23.6. The van der Waals surface area contributed by atoms with Crippen LogP contribution in [0.15, 0.2) is 104 Å². The van der Waals surface area contributed by atoms with Crippen LogP contribution in [0.5, 0.6) is 0 Å². The monoisotopic (exact) mass is 496 g/mol. The van der Waals surface area contributed by atoms with Crippen LogP contribution in [0.25, 0.3) is 11.1 Å². The minimum atomic E-state index is -1.04. The maximum atomic E-state index is 4.33. The molecule has 0 radical (unpaired) electrons. The van der Waals surface area contributed by atoms with Gasteiger partial charge in [0.15, 0.2) is 0 Å². The van der Waals surface area contributed by atoms with Crippen molar-refractivity contribution in [3.05, 3.63) is 126 Å². The average Bonchev–Trinajstić information content (AvgIpc) is 3.21. The molecule has 0 spiro atoms. The van der Waals surface area contributed by atoms with E-state index in [0.29, 0.717) is 0 Å². The molecule has 0 amide bonds. The molecular formula is C26H24Cl2Zr. The maximum Gasteiger partial charge on any atom is -0.147 e. The van der Waals surface area contributed by atoms with Crippen LogP contribution in [0.4, 0.5) is 0 Å². The zero-order valence-corrected chi connectivity index (χ0v) is 20.7. The van der Waals surface area contributed by atoms with Crippen molar-refractivity contribution < 1.29 is 23.2 Å². The van der Waals surface area contributed by atoms with Gasteiger partial charge >= 0.3 is 174 Å². The first-order chi connectivity index (χ1) is 13.0. The molecule has 2 aliphatic carbocycles. The normalized spacial score (nSPS) is 15.0. The van der Waals surface area contributed by atoms with E-state index in [1.807, 2.05) is 0 Å². The summed E-state index contributed by atoms with van der Waals surface area (Å²) in [6.07, 6.45) is 8.81. The fourth-order valence-electron chi connectivity index (χ4n) is 3.41. The second kappa shape index (κ2) is 9.90. The van der Waals surface area contributed by atoms with Gasteiger partial charge in [-0.1, -0.05) is 0 Å². The molecule has 0 heterocycles. The molecule has 0 saturated heterocycles.